The quantitative estimate of drug-likeness (QED) is 0.277. The fraction of sp³-hybridized carbons (Fsp3) is 0.280. The van der Waals surface area contributed by atoms with Crippen molar-refractivity contribution in [1.29, 1.82) is 0 Å². The van der Waals surface area contributed by atoms with Crippen LogP contribution >= 0.6 is 15.9 Å². The first kappa shape index (κ1) is 24.2. The van der Waals surface area contributed by atoms with Crippen LogP contribution in [0.15, 0.2) is 59.5 Å². The van der Waals surface area contributed by atoms with E-state index < -0.39 is 0 Å². The fourth-order valence-corrected chi connectivity index (χ4v) is 4.20. The van der Waals surface area contributed by atoms with Gasteiger partial charge in [0.05, 0.1) is 41.5 Å². The molecule has 3 heterocycles. The molecule has 1 aliphatic heterocycles. The lowest BCUT2D eigenvalue weighted by atomic mass is 10.2. The molecule has 0 spiro atoms. The van der Waals surface area contributed by atoms with E-state index in [1.807, 2.05) is 36.4 Å². The largest absolute Gasteiger partial charge is 0.495 e. The van der Waals surface area contributed by atoms with Crippen LogP contribution in [0.2, 0.25) is 0 Å². The summed E-state index contributed by atoms with van der Waals surface area (Å²) >= 11 is 3.53. The highest BCUT2D eigenvalue weighted by Crippen LogP contribution is 2.31. The summed E-state index contributed by atoms with van der Waals surface area (Å²) in [6.45, 7) is 5.35. The highest BCUT2D eigenvalue weighted by atomic mass is 79.9. The number of hydrogen-bond acceptors (Lipinski definition) is 10. The smallest absolute Gasteiger partial charge is 0.229 e. The van der Waals surface area contributed by atoms with Crippen LogP contribution < -0.4 is 20.7 Å². The summed E-state index contributed by atoms with van der Waals surface area (Å²) in [7, 11) is 1.64. The zero-order chi connectivity index (χ0) is 24.7. The molecular weight excluding hydrogens is 524 g/mol. The monoisotopic (exact) mass is 550 g/mol. The SMILES string of the molecule is COc1ccc(NCCN2CCOCC2)cc1Nc1ncc(Br)c(Nc2ccc3nccnc3c2)n1. The highest BCUT2D eigenvalue weighted by Gasteiger charge is 2.12. The number of fused-ring (bicyclic) bond motifs is 1. The lowest BCUT2D eigenvalue weighted by Gasteiger charge is -2.26. The van der Waals surface area contributed by atoms with Crippen molar-refractivity contribution >= 4 is 55.8 Å². The molecule has 1 fully saturated rings. The number of rotatable bonds is 9. The van der Waals surface area contributed by atoms with E-state index in [9.17, 15) is 0 Å². The third-order valence-electron chi connectivity index (χ3n) is 5.78. The number of morpholine rings is 1. The Bertz CT molecular complexity index is 1330. The second-order valence-electron chi connectivity index (χ2n) is 8.20. The van der Waals surface area contributed by atoms with Crippen LogP contribution in [0.4, 0.5) is 28.8 Å². The zero-order valence-electron chi connectivity index (χ0n) is 19.9. The number of halogens is 1. The molecule has 186 valence electrons. The Labute approximate surface area is 217 Å². The van der Waals surface area contributed by atoms with E-state index >= 15 is 0 Å². The first-order chi connectivity index (χ1) is 17.7. The summed E-state index contributed by atoms with van der Waals surface area (Å²) in [4.78, 5) is 20.2. The van der Waals surface area contributed by atoms with E-state index in [0.29, 0.717) is 17.5 Å². The average Bonchev–Trinajstić information content (AvgIpc) is 2.91. The van der Waals surface area contributed by atoms with E-state index in [1.54, 1.807) is 25.7 Å². The minimum Gasteiger partial charge on any atom is -0.495 e. The minimum atomic E-state index is 0.435. The number of anilines is 5. The molecule has 0 bridgehead atoms. The van der Waals surface area contributed by atoms with E-state index in [2.05, 4.69) is 56.7 Å². The lowest BCUT2D eigenvalue weighted by molar-refractivity contribution is 0.0398. The molecular formula is C25H27BrN8O2. The minimum absolute atomic E-state index is 0.435. The topological polar surface area (TPSA) is 109 Å². The van der Waals surface area contributed by atoms with E-state index in [0.717, 1.165) is 72.0 Å². The zero-order valence-corrected chi connectivity index (χ0v) is 21.5. The van der Waals surface area contributed by atoms with E-state index in [1.165, 1.54) is 0 Å². The summed E-state index contributed by atoms with van der Waals surface area (Å²) < 4.78 is 11.7. The van der Waals surface area contributed by atoms with Crippen molar-refractivity contribution in [1.82, 2.24) is 24.8 Å². The lowest BCUT2D eigenvalue weighted by Crippen LogP contribution is -2.39. The maximum atomic E-state index is 5.56. The highest BCUT2D eigenvalue weighted by molar-refractivity contribution is 9.10. The fourth-order valence-electron chi connectivity index (χ4n) is 3.91. The summed E-state index contributed by atoms with van der Waals surface area (Å²) in [5, 5.41) is 10.1. The van der Waals surface area contributed by atoms with Crippen LogP contribution in [0.3, 0.4) is 0 Å². The Balaban J connectivity index is 1.29. The summed E-state index contributed by atoms with van der Waals surface area (Å²) in [6.07, 6.45) is 5.06. The number of nitrogens with zero attached hydrogens (tertiary/aromatic N) is 5. The molecule has 3 N–H and O–H groups in total. The molecule has 0 atom stereocenters. The van der Waals surface area contributed by atoms with Gasteiger partial charge in [-0.05, 0) is 52.3 Å². The molecule has 0 radical (unpaired) electrons. The van der Waals surface area contributed by atoms with Crippen LogP contribution in [-0.4, -0.2) is 71.3 Å². The molecule has 2 aromatic carbocycles. The Morgan fingerprint density at radius 2 is 1.78 bits per heavy atom. The average molecular weight is 551 g/mol. The maximum absolute atomic E-state index is 5.56. The van der Waals surface area contributed by atoms with Gasteiger partial charge >= 0.3 is 0 Å². The third kappa shape index (κ3) is 5.99. The molecule has 36 heavy (non-hydrogen) atoms. The standard InChI is InChI=1S/C25H27BrN8O2/c1-35-23-5-3-17(27-8-9-34-10-12-36-13-11-34)14-22(23)32-25-30-16-19(26)24(33-25)31-18-2-4-20-21(15-18)29-7-6-28-20/h2-7,14-16,27H,8-13H2,1H3,(H2,30,31,32,33). The van der Waals surface area contributed by atoms with Gasteiger partial charge < -0.3 is 25.4 Å². The van der Waals surface area contributed by atoms with Crippen molar-refractivity contribution < 1.29 is 9.47 Å². The van der Waals surface area contributed by atoms with Gasteiger partial charge in [-0.2, -0.15) is 4.98 Å². The van der Waals surface area contributed by atoms with Crippen molar-refractivity contribution in [2.45, 2.75) is 0 Å². The van der Waals surface area contributed by atoms with Crippen LogP contribution in [0, 0.1) is 0 Å². The Kier molecular flexibility index (Phi) is 7.70. The van der Waals surface area contributed by atoms with Crippen LogP contribution in [0.25, 0.3) is 11.0 Å². The predicted octanol–water partition coefficient (Wildman–Crippen LogP) is 4.42. The number of ether oxygens (including phenoxy) is 2. The summed E-state index contributed by atoms with van der Waals surface area (Å²) in [5.74, 6) is 1.75. The molecule has 11 heteroatoms. The molecule has 0 unspecified atom stereocenters. The second kappa shape index (κ2) is 11.5. The predicted molar refractivity (Wildman–Crippen MR) is 145 cm³/mol. The van der Waals surface area contributed by atoms with E-state index in [-0.39, 0.29) is 0 Å². The van der Waals surface area contributed by atoms with Crippen LogP contribution in [0.1, 0.15) is 0 Å². The van der Waals surface area contributed by atoms with Crippen molar-refractivity contribution in [3.05, 3.63) is 59.5 Å². The Morgan fingerprint density at radius 3 is 2.61 bits per heavy atom. The van der Waals surface area contributed by atoms with Gasteiger partial charge in [-0.3, -0.25) is 14.9 Å². The molecule has 1 saturated heterocycles. The van der Waals surface area contributed by atoms with Crippen LogP contribution in [-0.2, 0) is 4.74 Å². The third-order valence-corrected chi connectivity index (χ3v) is 6.36. The maximum Gasteiger partial charge on any atom is 0.229 e. The molecule has 0 saturated carbocycles. The summed E-state index contributed by atoms with van der Waals surface area (Å²) in [6, 6.07) is 11.7. The van der Waals surface area contributed by atoms with Crippen molar-refractivity contribution in [2.24, 2.45) is 0 Å². The summed E-state index contributed by atoms with van der Waals surface area (Å²) in [5.41, 5.74) is 4.23. The number of benzene rings is 2. The number of hydrogen-bond donors (Lipinski definition) is 3. The number of methoxy groups -OCH3 is 1. The number of nitrogens with one attached hydrogen (secondary N) is 3. The Morgan fingerprint density at radius 1 is 0.972 bits per heavy atom. The van der Waals surface area contributed by atoms with Gasteiger partial charge in [0, 0.05) is 56.1 Å². The second-order valence-corrected chi connectivity index (χ2v) is 9.05. The molecule has 0 amide bonds. The van der Waals surface area contributed by atoms with Gasteiger partial charge in [0.2, 0.25) is 5.95 Å². The first-order valence-electron chi connectivity index (χ1n) is 11.7. The first-order valence-corrected chi connectivity index (χ1v) is 12.5. The molecule has 1 aliphatic rings. The number of aromatic nitrogens is 4. The van der Waals surface area contributed by atoms with Gasteiger partial charge in [-0.1, -0.05) is 0 Å². The van der Waals surface area contributed by atoms with Gasteiger partial charge in [-0.25, -0.2) is 4.98 Å². The molecule has 0 aliphatic carbocycles. The van der Waals surface area contributed by atoms with Gasteiger partial charge in [0.1, 0.15) is 11.6 Å². The van der Waals surface area contributed by atoms with Gasteiger partial charge in [-0.15, -0.1) is 0 Å². The normalized spacial score (nSPS) is 13.9. The van der Waals surface area contributed by atoms with Crippen molar-refractivity contribution in [3.63, 3.8) is 0 Å². The Hall–Kier alpha value is -3.54. The van der Waals surface area contributed by atoms with Gasteiger partial charge in [0.25, 0.3) is 0 Å². The van der Waals surface area contributed by atoms with E-state index in [4.69, 9.17) is 9.47 Å². The van der Waals surface area contributed by atoms with Gasteiger partial charge in [0.15, 0.2) is 0 Å². The van der Waals surface area contributed by atoms with Crippen molar-refractivity contribution in [2.75, 3.05) is 62.5 Å². The molecule has 2 aromatic heterocycles. The molecule has 4 aromatic rings. The molecule has 5 rings (SSSR count). The van der Waals surface area contributed by atoms with Crippen molar-refractivity contribution in [3.8, 4) is 5.75 Å². The molecule has 10 nitrogen and oxygen atoms in total. The van der Waals surface area contributed by atoms with Crippen LogP contribution in [0.5, 0.6) is 5.75 Å².